The summed E-state index contributed by atoms with van der Waals surface area (Å²) in [5.41, 5.74) is 1.09. The second-order valence-corrected chi connectivity index (χ2v) is 4.02. The number of allylic oxidation sites excluding steroid dienone is 2. The second kappa shape index (κ2) is 5.69. The molecular formula is C12H19NO2. The highest BCUT2D eigenvalue weighted by Gasteiger charge is 2.22. The maximum Gasteiger partial charge on any atom is 0.144 e. The number of aldehydes is 1. The Balaban J connectivity index is 2.52. The van der Waals surface area contributed by atoms with E-state index in [4.69, 9.17) is 0 Å². The lowest BCUT2D eigenvalue weighted by atomic mass is 9.93. The topological polar surface area (TPSA) is 37.4 Å². The summed E-state index contributed by atoms with van der Waals surface area (Å²) in [6.45, 7) is 5.52. The molecule has 1 heterocycles. The largest absolute Gasteiger partial charge is 0.375 e. The Kier molecular flexibility index (Phi) is 4.53. The number of rotatable bonds is 4. The van der Waals surface area contributed by atoms with Gasteiger partial charge >= 0.3 is 0 Å². The van der Waals surface area contributed by atoms with Gasteiger partial charge in [-0.1, -0.05) is 6.92 Å². The van der Waals surface area contributed by atoms with Gasteiger partial charge in [-0.2, -0.15) is 0 Å². The molecule has 1 saturated heterocycles. The van der Waals surface area contributed by atoms with Gasteiger partial charge in [0.2, 0.25) is 0 Å². The monoisotopic (exact) mass is 209 g/mol. The summed E-state index contributed by atoms with van der Waals surface area (Å²) in [5, 5.41) is 0. The van der Waals surface area contributed by atoms with Crippen LogP contribution < -0.4 is 0 Å². The highest BCUT2D eigenvalue weighted by Crippen LogP contribution is 2.22. The van der Waals surface area contributed by atoms with Crippen LogP contribution >= 0.6 is 0 Å². The zero-order valence-corrected chi connectivity index (χ0v) is 9.53. The molecule has 3 heteroatoms. The SMILES string of the molecule is CC/C(=C\C=O)N1CCC(C(C)=O)CC1. The van der Waals surface area contributed by atoms with Gasteiger partial charge in [0.1, 0.15) is 12.1 Å². The van der Waals surface area contributed by atoms with Crippen LogP contribution in [0.5, 0.6) is 0 Å². The summed E-state index contributed by atoms with van der Waals surface area (Å²) < 4.78 is 0. The maximum atomic E-state index is 11.2. The summed E-state index contributed by atoms with van der Waals surface area (Å²) >= 11 is 0. The van der Waals surface area contributed by atoms with Crippen LogP contribution in [0.2, 0.25) is 0 Å². The van der Waals surface area contributed by atoms with Crippen LogP contribution in [0, 0.1) is 5.92 Å². The average molecular weight is 209 g/mol. The first-order chi connectivity index (χ1) is 7.19. The first-order valence-corrected chi connectivity index (χ1v) is 5.58. The van der Waals surface area contributed by atoms with E-state index in [9.17, 15) is 9.59 Å². The number of ketones is 1. The molecule has 0 radical (unpaired) electrons. The molecular weight excluding hydrogens is 190 g/mol. The van der Waals surface area contributed by atoms with Crippen molar-refractivity contribution in [1.29, 1.82) is 0 Å². The molecule has 3 nitrogen and oxygen atoms in total. The van der Waals surface area contributed by atoms with Crippen LogP contribution in [0.3, 0.4) is 0 Å². The van der Waals surface area contributed by atoms with E-state index in [1.807, 2.05) is 6.92 Å². The van der Waals surface area contributed by atoms with Gasteiger partial charge in [-0.05, 0) is 32.3 Å². The van der Waals surface area contributed by atoms with Gasteiger partial charge in [0.05, 0.1) is 0 Å². The van der Waals surface area contributed by atoms with Crippen molar-refractivity contribution in [2.75, 3.05) is 13.1 Å². The zero-order valence-electron chi connectivity index (χ0n) is 9.53. The Morgan fingerprint density at radius 2 is 2.00 bits per heavy atom. The second-order valence-electron chi connectivity index (χ2n) is 4.02. The predicted octanol–water partition coefficient (Wildman–Crippen LogP) is 1.78. The number of Topliss-reactive ketones (excluding diaryl/α,β-unsaturated/α-hetero) is 1. The van der Waals surface area contributed by atoms with Crippen molar-refractivity contribution in [1.82, 2.24) is 4.90 Å². The number of carbonyl (C=O) groups excluding carboxylic acids is 2. The first-order valence-electron chi connectivity index (χ1n) is 5.58. The third-order valence-corrected chi connectivity index (χ3v) is 3.10. The van der Waals surface area contributed by atoms with Gasteiger partial charge in [-0.3, -0.25) is 9.59 Å². The van der Waals surface area contributed by atoms with Gasteiger partial charge < -0.3 is 4.90 Å². The van der Waals surface area contributed by atoms with Crippen molar-refractivity contribution in [3.8, 4) is 0 Å². The van der Waals surface area contributed by atoms with E-state index in [0.29, 0.717) is 5.78 Å². The van der Waals surface area contributed by atoms with E-state index in [1.165, 1.54) is 0 Å². The van der Waals surface area contributed by atoms with Crippen LogP contribution in [0.4, 0.5) is 0 Å². The Hall–Kier alpha value is -1.12. The minimum absolute atomic E-state index is 0.232. The lowest BCUT2D eigenvalue weighted by molar-refractivity contribution is -0.122. The smallest absolute Gasteiger partial charge is 0.144 e. The van der Waals surface area contributed by atoms with Crippen molar-refractivity contribution >= 4 is 12.1 Å². The molecule has 15 heavy (non-hydrogen) atoms. The molecule has 0 amide bonds. The average Bonchev–Trinajstić information content (AvgIpc) is 2.26. The van der Waals surface area contributed by atoms with Gasteiger partial charge in [0.25, 0.3) is 0 Å². The standard InChI is InChI=1S/C12H19NO2/c1-3-12(6-9-14)13-7-4-11(5-8-13)10(2)15/h6,9,11H,3-5,7-8H2,1-2H3/b12-6+. The number of hydrogen-bond acceptors (Lipinski definition) is 3. The van der Waals surface area contributed by atoms with Crippen LogP contribution in [0.25, 0.3) is 0 Å². The Labute approximate surface area is 91.1 Å². The summed E-state index contributed by atoms with van der Waals surface area (Å²) in [5.74, 6) is 0.530. The van der Waals surface area contributed by atoms with Gasteiger partial charge in [0.15, 0.2) is 0 Å². The Morgan fingerprint density at radius 3 is 2.40 bits per heavy atom. The van der Waals surface area contributed by atoms with Crippen molar-refractivity contribution in [2.45, 2.75) is 33.1 Å². The van der Waals surface area contributed by atoms with Gasteiger partial charge in [-0.25, -0.2) is 0 Å². The van der Waals surface area contributed by atoms with E-state index in [0.717, 1.165) is 44.3 Å². The van der Waals surface area contributed by atoms with Crippen LogP contribution in [0.1, 0.15) is 33.1 Å². The molecule has 0 unspecified atom stereocenters. The number of hydrogen-bond donors (Lipinski definition) is 0. The van der Waals surface area contributed by atoms with Crippen molar-refractivity contribution in [3.05, 3.63) is 11.8 Å². The lowest BCUT2D eigenvalue weighted by Crippen LogP contribution is -2.35. The summed E-state index contributed by atoms with van der Waals surface area (Å²) in [4.78, 5) is 23.8. The molecule has 0 aliphatic carbocycles. The van der Waals surface area contributed by atoms with E-state index >= 15 is 0 Å². The van der Waals surface area contributed by atoms with Crippen LogP contribution in [-0.2, 0) is 9.59 Å². The van der Waals surface area contributed by atoms with E-state index in [1.54, 1.807) is 13.0 Å². The quantitative estimate of drug-likeness (QED) is 0.523. The van der Waals surface area contributed by atoms with E-state index in [-0.39, 0.29) is 5.92 Å². The van der Waals surface area contributed by atoms with Crippen molar-refractivity contribution in [3.63, 3.8) is 0 Å². The molecule has 0 saturated carbocycles. The predicted molar refractivity (Wildman–Crippen MR) is 59.4 cm³/mol. The van der Waals surface area contributed by atoms with E-state index in [2.05, 4.69) is 4.90 Å². The molecule has 0 aromatic heterocycles. The van der Waals surface area contributed by atoms with Crippen LogP contribution in [-0.4, -0.2) is 30.1 Å². The number of piperidine rings is 1. The highest BCUT2D eigenvalue weighted by atomic mass is 16.1. The fraction of sp³-hybridized carbons (Fsp3) is 0.667. The fourth-order valence-electron chi connectivity index (χ4n) is 2.10. The molecule has 1 aliphatic rings. The van der Waals surface area contributed by atoms with Gasteiger partial charge in [-0.15, -0.1) is 0 Å². The summed E-state index contributed by atoms with van der Waals surface area (Å²) in [6, 6.07) is 0. The fourth-order valence-corrected chi connectivity index (χ4v) is 2.10. The summed E-state index contributed by atoms with van der Waals surface area (Å²) in [6.07, 6.45) is 5.20. The first kappa shape index (κ1) is 12.0. The molecule has 0 bridgehead atoms. The molecule has 0 spiro atoms. The van der Waals surface area contributed by atoms with Crippen LogP contribution in [0.15, 0.2) is 11.8 Å². The van der Waals surface area contributed by atoms with Crippen molar-refractivity contribution < 1.29 is 9.59 Å². The molecule has 84 valence electrons. The number of carbonyl (C=O) groups is 2. The molecule has 0 aromatic carbocycles. The molecule has 1 aliphatic heterocycles. The molecule has 0 N–H and O–H groups in total. The maximum absolute atomic E-state index is 11.2. The number of nitrogens with zero attached hydrogens (tertiary/aromatic N) is 1. The normalized spacial score (nSPS) is 19.1. The van der Waals surface area contributed by atoms with Gasteiger partial charge in [0, 0.05) is 24.7 Å². The highest BCUT2D eigenvalue weighted by molar-refractivity contribution is 5.78. The minimum atomic E-state index is 0.232. The zero-order chi connectivity index (χ0) is 11.3. The van der Waals surface area contributed by atoms with Crippen molar-refractivity contribution in [2.24, 2.45) is 5.92 Å². The number of likely N-dealkylation sites (tertiary alicyclic amines) is 1. The molecule has 1 rings (SSSR count). The minimum Gasteiger partial charge on any atom is -0.375 e. The summed E-state index contributed by atoms with van der Waals surface area (Å²) in [7, 11) is 0. The molecule has 1 fully saturated rings. The third-order valence-electron chi connectivity index (χ3n) is 3.10. The third kappa shape index (κ3) is 3.18. The lowest BCUT2D eigenvalue weighted by Gasteiger charge is -2.33. The Morgan fingerprint density at radius 1 is 1.40 bits per heavy atom. The molecule has 0 aromatic rings. The van der Waals surface area contributed by atoms with E-state index < -0.39 is 0 Å². The Bertz CT molecular complexity index is 263. The molecule has 0 atom stereocenters.